The summed E-state index contributed by atoms with van der Waals surface area (Å²) in [7, 11) is 0. The van der Waals surface area contributed by atoms with Crippen LogP contribution in [0.25, 0.3) is 16.9 Å². The van der Waals surface area contributed by atoms with Gasteiger partial charge in [0.25, 0.3) is 0 Å². The molecular formula is C15H11ClN2. The quantitative estimate of drug-likeness (QED) is 0.670. The Labute approximate surface area is 110 Å². The fourth-order valence-corrected chi connectivity index (χ4v) is 2.04. The van der Waals surface area contributed by atoms with Crippen molar-refractivity contribution in [1.29, 1.82) is 0 Å². The van der Waals surface area contributed by atoms with Crippen molar-refractivity contribution in [1.82, 2.24) is 9.78 Å². The van der Waals surface area contributed by atoms with Crippen LogP contribution in [0.1, 0.15) is 0 Å². The van der Waals surface area contributed by atoms with Gasteiger partial charge in [0.2, 0.25) is 0 Å². The lowest BCUT2D eigenvalue weighted by Crippen LogP contribution is -1.98. The van der Waals surface area contributed by atoms with Gasteiger partial charge >= 0.3 is 0 Å². The first-order valence-corrected chi connectivity index (χ1v) is 6.08. The molecule has 2 nitrogen and oxygen atoms in total. The van der Waals surface area contributed by atoms with Gasteiger partial charge in [0.05, 0.1) is 17.6 Å². The molecule has 0 aliphatic carbocycles. The van der Waals surface area contributed by atoms with E-state index < -0.39 is 0 Å². The van der Waals surface area contributed by atoms with Crippen LogP contribution in [0.3, 0.4) is 0 Å². The monoisotopic (exact) mass is 254 g/mol. The molecule has 1 heterocycles. The molecule has 0 bridgehead atoms. The lowest BCUT2D eigenvalue weighted by molar-refractivity contribution is 0.888. The van der Waals surface area contributed by atoms with Crippen molar-refractivity contribution < 1.29 is 0 Å². The maximum atomic E-state index is 5.91. The molecule has 0 radical (unpaired) electrons. The molecule has 3 aromatic rings. The van der Waals surface area contributed by atoms with Crippen molar-refractivity contribution in [2.75, 3.05) is 0 Å². The predicted octanol–water partition coefficient (Wildman–Crippen LogP) is 4.19. The van der Waals surface area contributed by atoms with E-state index in [9.17, 15) is 0 Å². The van der Waals surface area contributed by atoms with E-state index in [4.69, 9.17) is 11.6 Å². The van der Waals surface area contributed by atoms with E-state index in [1.165, 1.54) is 0 Å². The Balaban J connectivity index is 2.10. The van der Waals surface area contributed by atoms with Gasteiger partial charge in [-0.15, -0.1) is 0 Å². The molecule has 0 fully saturated rings. The third-order valence-electron chi connectivity index (χ3n) is 2.78. The highest BCUT2D eigenvalue weighted by molar-refractivity contribution is 6.30. The van der Waals surface area contributed by atoms with Crippen molar-refractivity contribution in [3.8, 4) is 16.9 Å². The van der Waals surface area contributed by atoms with Crippen molar-refractivity contribution >= 4 is 11.6 Å². The summed E-state index contributed by atoms with van der Waals surface area (Å²) in [6.07, 6.45) is 1.80. The fourth-order valence-electron chi connectivity index (χ4n) is 1.92. The maximum absolute atomic E-state index is 5.91. The summed E-state index contributed by atoms with van der Waals surface area (Å²) in [6.45, 7) is 0. The SMILES string of the molecule is Clc1ccc(-c2ccnn2-c2ccccc2)cc1. The van der Waals surface area contributed by atoms with Crippen LogP contribution in [-0.4, -0.2) is 9.78 Å². The third kappa shape index (κ3) is 2.03. The predicted molar refractivity (Wildman–Crippen MR) is 74.0 cm³/mol. The lowest BCUT2D eigenvalue weighted by atomic mass is 10.1. The van der Waals surface area contributed by atoms with E-state index in [0.717, 1.165) is 22.0 Å². The lowest BCUT2D eigenvalue weighted by Gasteiger charge is -2.07. The van der Waals surface area contributed by atoms with Crippen LogP contribution in [0.2, 0.25) is 5.02 Å². The van der Waals surface area contributed by atoms with Gasteiger partial charge in [-0.1, -0.05) is 41.9 Å². The van der Waals surface area contributed by atoms with E-state index >= 15 is 0 Å². The van der Waals surface area contributed by atoms with Gasteiger partial charge in [0.1, 0.15) is 0 Å². The standard InChI is InChI=1S/C15H11ClN2/c16-13-8-6-12(7-9-13)15-10-11-17-18(15)14-4-2-1-3-5-14/h1-11H. The first kappa shape index (κ1) is 11.1. The molecule has 0 spiro atoms. The zero-order chi connectivity index (χ0) is 12.4. The summed E-state index contributed by atoms with van der Waals surface area (Å²) in [6, 6.07) is 19.8. The van der Waals surface area contributed by atoms with Crippen LogP contribution in [0.5, 0.6) is 0 Å². The number of para-hydroxylation sites is 1. The van der Waals surface area contributed by atoms with Crippen molar-refractivity contribution in [3.05, 3.63) is 71.9 Å². The summed E-state index contributed by atoms with van der Waals surface area (Å²) in [5, 5.41) is 5.11. The van der Waals surface area contributed by atoms with Crippen molar-refractivity contribution in [2.45, 2.75) is 0 Å². The topological polar surface area (TPSA) is 17.8 Å². The molecule has 3 heteroatoms. The molecule has 0 aliphatic heterocycles. The van der Waals surface area contributed by atoms with Crippen LogP contribution < -0.4 is 0 Å². The van der Waals surface area contributed by atoms with E-state index in [1.807, 2.05) is 65.3 Å². The minimum atomic E-state index is 0.740. The minimum Gasteiger partial charge on any atom is -0.233 e. The highest BCUT2D eigenvalue weighted by Crippen LogP contribution is 2.23. The number of halogens is 1. The highest BCUT2D eigenvalue weighted by Gasteiger charge is 2.06. The van der Waals surface area contributed by atoms with Crippen molar-refractivity contribution in [2.24, 2.45) is 0 Å². The Kier molecular flexibility index (Phi) is 2.87. The molecule has 1 aromatic heterocycles. The molecule has 0 unspecified atom stereocenters. The second-order valence-electron chi connectivity index (χ2n) is 3.97. The van der Waals surface area contributed by atoms with Gasteiger partial charge in [-0.2, -0.15) is 5.10 Å². The first-order chi connectivity index (χ1) is 8.84. The van der Waals surface area contributed by atoms with Crippen LogP contribution >= 0.6 is 11.6 Å². The molecule has 88 valence electrons. The van der Waals surface area contributed by atoms with Gasteiger partial charge in [-0.05, 0) is 30.3 Å². The Morgan fingerprint density at radius 1 is 0.833 bits per heavy atom. The van der Waals surface area contributed by atoms with Gasteiger partial charge in [-0.3, -0.25) is 0 Å². The van der Waals surface area contributed by atoms with Crippen LogP contribution in [0, 0.1) is 0 Å². The summed E-state index contributed by atoms with van der Waals surface area (Å²) >= 11 is 5.91. The normalized spacial score (nSPS) is 10.5. The second-order valence-corrected chi connectivity index (χ2v) is 4.41. The molecule has 0 aliphatic rings. The first-order valence-electron chi connectivity index (χ1n) is 5.70. The van der Waals surface area contributed by atoms with E-state index in [0.29, 0.717) is 0 Å². The number of aromatic nitrogens is 2. The minimum absolute atomic E-state index is 0.740. The number of nitrogens with zero attached hydrogens (tertiary/aromatic N) is 2. The van der Waals surface area contributed by atoms with Gasteiger partial charge in [0, 0.05) is 10.6 Å². The smallest absolute Gasteiger partial charge is 0.0740 e. The molecule has 18 heavy (non-hydrogen) atoms. The second kappa shape index (κ2) is 4.67. The number of rotatable bonds is 2. The van der Waals surface area contributed by atoms with Gasteiger partial charge in [-0.25, -0.2) is 4.68 Å². The Morgan fingerprint density at radius 3 is 2.28 bits per heavy atom. The number of benzene rings is 2. The largest absolute Gasteiger partial charge is 0.233 e. The summed E-state index contributed by atoms with van der Waals surface area (Å²) in [5.41, 5.74) is 3.20. The fraction of sp³-hybridized carbons (Fsp3) is 0. The molecule has 0 amide bonds. The molecule has 0 N–H and O–H groups in total. The molecule has 3 rings (SSSR count). The summed E-state index contributed by atoms with van der Waals surface area (Å²) in [4.78, 5) is 0. The third-order valence-corrected chi connectivity index (χ3v) is 3.04. The molecule has 0 atom stereocenters. The maximum Gasteiger partial charge on any atom is 0.0740 e. The van der Waals surface area contributed by atoms with E-state index in [1.54, 1.807) is 6.20 Å². The Bertz CT molecular complexity index is 642. The zero-order valence-electron chi connectivity index (χ0n) is 9.62. The molecular weight excluding hydrogens is 244 g/mol. The molecule has 2 aromatic carbocycles. The number of hydrogen-bond acceptors (Lipinski definition) is 1. The van der Waals surface area contributed by atoms with Gasteiger partial charge in [0.15, 0.2) is 0 Å². The average Bonchev–Trinajstić information content (AvgIpc) is 2.90. The van der Waals surface area contributed by atoms with E-state index in [-0.39, 0.29) is 0 Å². The Morgan fingerprint density at radius 2 is 1.56 bits per heavy atom. The summed E-state index contributed by atoms with van der Waals surface area (Å²) < 4.78 is 1.92. The van der Waals surface area contributed by atoms with Crippen LogP contribution in [0.15, 0.2) is 66.9 Å². The Hall–Kier alpha value is -2.06. The summed E-state index contributed by atoms with van der Waals surface area (Å²) in [5.74, 6) is 0. The van der Waals surface area contributed by atoms with Crippen LogP contribution in [-0.2, 0) is 0 Å². The molecule has 0 saturated heterocycles. The number of hydrogen-bond donors (Lipinski definition) is 0. The average molecular weight is 255 g/mol. The zero-order valence-corrected chi connectivity index (χ0v) is 10.4. The molecule has 0 saturated carbocycles. The van der Waals surface area contributed by atoms with Crippen molar-refractivity contribution in [3.63, 3.8) is 0 Å². The van der Waals surface area contributed by atoms with E-state index in [2.05, 4.69) is 5.10 Å². The van der Waals surface area contributed by atoms with Gasteiger partial charge < -0.3 is 0 Å². The van der Waals surface area contributed by atoms with Crippen LogP contribution in [0.4, 0.5) is 0 Å². The highest BCUT2D eigenvalue weighted by atomic mass is 35.5.